The van der Waals surface area contributed by atoms with E-state index in [1.807, 2.05) is 0 Å². The molecule has 2 heteroatoms. The van der Waals surface area contributed by atoms with Crippen LogP contribution in [0.3, 0.4) is 0 Å². The molecule has 2 unspecified atom stereocenters. The first-order chi connectivity index (χ1) is 7.04. The lowest BCUT2D eigenvalue weighted by Gasteiger charge is -2.25. The molecule has 16 heavy (non-hydrogen) atoms. The highest BCUT2D eigenvalue weighted by Crippen LogP contribution is 2.22. The smallest absolute Gasteiger partial charge is 0.0803 e. The van der Waals surface area contributed by atoms with Gasteiger partial charge in [-0.2, -0.15) is 0 Å². The van der Waals surface area contributed by atoms with Crippen molar-refractivity contribution < 1.29 is 10.2 Å². The molecule has 0 radical (unpaired) electrons. The Kier molecular flexibility index (Phi) is 5.71. The van der Waals surface area contributed by atoms with Crippen molar-refractivity contribution in [3.8, 4) is 0 Å². The highest BCUT2D eigenvalue weighted by Gasteiger charge is 2.22. The van der Waals surface area contributed by atoms with Crippen LogP contribution in [0.5, 0.6) is 0 Å². The minimum atomic E-state index is -0.824. The Balaban J connectivity index is 4.45. The van der Waals surface area contributed by atoms with Gasteiger partial charge in [0.25, 0.3) is 0 Å². The van der Waals surface area contributed by atoms with Crippen LogP contribution in [0.25, 0.3) is 0 Å². The molecule has 96 valence electrons. The van der Waals surface area contributed by atoms with Crippen molar-refractivity contribution in [1.82, 2.24) is 0 Å². The minimum absolute atomic E-state index is 0.440. The van der Waals surface area contributed by atoms with Crippen LogP contribution in [0.4, 0.5) is 0 Å². The van der Waals surface area contributed by atoms with E-state index in [-0.39, 0.29) is 0 Å². The third kappa shape index (κ3) is 7.89. The zero-order valence-corrected chi connectivity index (χ0v) is 11.6. The Labute approximate surface area is 100 Å². The second-order valence-electron chi connectivity index (χ2n) is 6.24. The first-order valence-electron chi connectivity index (χ1n) is 6.19. The van der Waals surface area contributed by atoms with Gasteiger partial charge in [-0.1, -0.05) is 39.8 Å². The monoisotopic (exact) mass is 228 g/mol. The summed E-state index contributed by atoms with van der Waals surface area (Å²) in [6, 6.07) is 0. The predicted molar refractivity (Wildman–Crippen MR) is 69.3 cm³/mol. The summed E-state index contributed by atoms with van der Waals surface area (Å²) >= 11 is 0. The predicted octanol–water partition coefficient (Wildman–Crippen LogP) is 3.14. The van der Waals surface area contributed by atoms with Crippen molar-refractivity contribution >= 4 is 0 Å². The maximum Gasteiger partial charge on any atom is 0.0803 e. The van der Waals surface area contributed by atoms with Gasteiger partial charge in [0.15, 0.2) is 0 Å². The van der Waals surface area contributed by atoms with Gasteiger partial charge in [0.1, 0.15) is 0 Å². The molecule has 0 spiro atoms. The average Bonchev–Trinajstić information content (AvgIpc) is 1.96. The van der Waals surface area contributed by atoms with Gasteiger partial charge in [0.05, 0.1) is 11.2 Å². The van der Waals surface area contributed by atoms with Crippen molar-refractivity contribution in [2.45, 2.75) is 65.6 Å². The molecule has 0 heterocycles. The molecular weight excluding hydrogens is 200 g/mol. The van der Waals surface area contributed by atoms with Gasteiger partial charge < -0.3 is 10.2 Å². The van der Waals surface area contributed by atoms with Gasteiger partial charge in [-0.3, -0.25) is 0 Å². The summed E-state index contributed by atoms with van der Waals surface area (Å²) in [6.45, 7) is 11.9. The first-order valence-corrected chi connectivity index (χ1v) is 6.19. The fourth-order valence-electron chi connectivity index (χ4n) is 2.15. The Hall–Kier alpha value is -0.340. The molecule has 0 aromatic heterocycles. The van der Waals surface area contributed by atoms with Crippen LogP contribution in [0.1, 0.15) is 54.4 Å². The van der Waals surface area contributed by atoms with Crippen molar-refractivity contribution in [2.75, 3.05) is 0 Å². The van der Waals surface area contributed by atoms with E-state index < -0.39 is 11.2 Å². The Bertz CT molecular complexity index is 201. The summed E-state index contributed by atoms with van der Waals surface area (Å²) in [5.41, 5.74) is -1.65. The summed E-state index contributed by atoms with van der Waals surface area (Å²) in [5.74, 6) is 0.879. The van der Waals surface area contributed by atoms with Gasteiger partial charge in [0, 0.05) is 0 Å². The molecule has 0 aromatic carbocycles. The van der Waals surface area contributed by atoms with E-state index in [4.69, 9.17) is 0 Å². The van der Waals surface area contributed by atoms with Crippen LogP contribution < -0.4 is 0 Å². The summed E-state index contributed by atoms with van der Waals surface area (Å²) in [6.07, 6.45) is 4.88. The number of hydrogen-bond donors (Lipinski definition) is 2. The summed E-state index contributed by atoms with van der Waals surface area (Å²) in [4.78, 5) is 0. The van der Waals surface area contributed by atoms with Gasteiger partial charge in [-0.25, -0.2) is 0 Å². The van der Waals surface area contributed by atoms with E-state index in [9.17, 15) is 10.2 Å². The molecule has 0 saturated heterocycles. The second-order valence-corrected chi connectivity index (χ2v) is 6.24. The molecule has 0 amide bonds. The zero-order chi connectivity index (χ0) is 13.0. The maximum atomic E-state index is 10.1. The zero-order valence-electron chi connectivity index (χ0n) is 11.6. The average molecular weight is 228 g/mol. The molecular formula is C14H28O2. The molecule has 2 N–H and O–H groups in total. The largest absolute Gasteiger partial charge is 0.386 e. The number of rotatable bonds is 6. The molecule has 0 aliphatic heterocycles. The highest BCUT2D eigenvalue weighted by atomic mass is 16.3. The lowest BCUT2D eigenvalue weighted by atomic mass is 9.89. The molecule has 0 aromatic rings. The fourth-order valence-corrected chi connectivity index (χ4v) is 2.15. The van der Waals surface area contributed by atoms with Crippen molar-refractivity contribution in [2.24, 2.45) is 11.8 Å². The number of aliphatic hydroxyl groups is 2. The number of hydrogen-bond acceptors (Lipinski definition) is 2. The van der Waals surface area contributed by atoms with Gasteiger partial charge >= 0.3 is 0 Å². The van der Waals surface area contributed by atoms with Crippen molar-refractivity contribution in [3.05, 3.63) is 12.2 Å². The van der Waals surface area contributed by atoms with Crippen LogP contribution in [0, 0.1) is 11.8 Å². The molecule has 0 aliphatic rings. The SMILES string of the molecule is CC(C)CC(C)(O)/C=C\C(C)(O)CC(C)C. The lowest BCUT2D eigenvalue weighted by molar-refractivity contribution is 0.0700. The van der Waals surface area contributed by atoms with Crippen LogP contribution >= 0.6 is 0 Å². The van der Waals surface area contributed by atoms with E-state index in [1.54, 1.807) is 26.0 Å². The topological polar surface area (TPSA) is 40.5 Å². The Morgan fingerprint density at radius 1 is 0.812 bits per heavy atom. The molecule has 2 nitrogen and oxygen atoms in total. The maximum absolute atomic E-state index is 10.1. The van der Waals surface area contributed by atoms with Crippen molar-refractivity contribution in [3.63, 3.8) is 0 Å². The summed E-state index contributed by atoms with van der Waals surface area (Å²) in [7, 11) is 0. The van der Waals surface area contributed by atoms with E-state index in [1.165, 1.54) is 0 Å². The van der Waals surface area contributed by atoms with Gasteiger partial charge in [-0.15, -0.1) is 0 Å². The van der Waals surface area contributed by atoms with Gasteiger partial charge in [-0.05, 0) is 38.5 Å². The highest BCUT2D eigenvalue weighted by molar-refractivity contribution is 5.06. The standard InChI is InChI=1S/C14H28O2/c1-11(2)9-13(5,15)7-8-14(6,16)10-12(3)4/h7-8,11-12,15-16H,9-10H2,1-6H3/b8-7-. The van der Waals surface area contributed by atoms with Crippen LogP contribution in [-0.2, 0) is 0 Å². The summed E-state index contributed by atoms with van der Waals surface area (Å²) < 4.78 is 0. The third-order valence-corrected chi connectivity index (χ3v) is 2.44. The fraction of sp³-hybridized carbons (Fsp3) is 0.857. The van der Waals surface area contributed by atoms with Crippen LogP contribution in [-0.4, -0.2) is 21.4 Å². The van der Waals surface area contributed by atoms with E-state index >= 15 is 0 Å². The van der Waals surface area contributed by atoms with Crippen molar-refractivity contribution in [1.29, 1.82) is 0 Å². The summed E-state index contributed by atoms with van der Waals surface area (Å²) in [5, 5.41) is 20.2. The molecule has 0 fully saturated rings. The molecule has 0 rings (SSSR count). The van der Waals surface area contributed by atoms with E-state index in [0.717, 1.165) is 0 Å². The van der Waals surface area contributed by atoms with E-state index in [0.29, 0.717) is 24.7 Å². The normalized spacial score (nSPS) is 20.4. The quantitative estimate of drug-likeness (QED) is 0.686. The molecule has 0 saturated carbocycles. The minimum Gasteiger partial charge on any atom is -0.386 e. The molecule has 2 atom stereocenters. The van der Waals surface area contributed by atoms with Crippen LogP contribution in [0.2, 0.25) is 0 Å². The molecule has 0 aliphatic carbocycles. The van der Waals surface area contributed by atoms with Crippen LogP contribution in [0.15, 0.2) is 12.2 Å². The lowest BCUT2D eigenvalue weighted by Crippen LogP contribution is -2.28. The first kappa shape index (κ1) is 15.7. The Morgan fingerprint density at radius 2 is 1.06 bits per heavy atom. The Morgan fingerprint density at radius 3 is 1.25 bits per heavy atom. The van der Waals surface area contributed by atoms with E-state index in [2.05, 4.69) is 27.7 Å². The van der Waals surface area contributed by atoms with Gasteiger partial charge in [0.2, 0.25) is 0 Å². The third-order valence-electron chi connectivity index (χ3n) is 2.44. The molecule has 0 bridgehead atoms. The second kappa shape index (κ2) is 5.83.